The van der Waals surface area contributed by atoms with Gasteiger partial charge in [-0.25, -0.2) is 0 Å². The zero-order valence-corrected chi connectivity index (χ0v) is 12.6. The second kappa shape index (κ2) is 6.52. The Labute approximate surface area is 125 Å². The van der Waals surface area contributed by atoms with E-state index in [1.54, 1.807) is 29.0 Å². The third kappa shape index (κ3) is 3.36. The van der Waals surface area contributed by atoms with Gasteiger partial charge >= 0.3 is 0 Å². The first-order chi connectivity index (χ1) is 9.61. The number of aldehydes is 1. The molecule has 0 N–H and O–H groups in total. The van der Waals surface area contributed by atoms with E-state index in [1.165, 1.54) is 6.07 Å². The molecule has 1 aromatic carbocycles. The van der Waals surface area contributed by atoms with Gasteiger partial charge in [-0.15, -0.1) is 0 Å². The number of rotatable bonds is 5. The molecule has 0 saturated carbocycles. The number of benzene rings is 1. The van der Waals surface area contributed by atoms with Crippen molar-refractivity contribution < 1.29 is 9.53 Å². The van der Waals surface area contributed by atoms with Crippen LogP contribution in [0, 0.1) is 6.92 Å². The first kappa shape index (κ1) is 14.5. The number of nitrogens with zero attached hydrogens (tertiary/aromatic N) is 1. The zero-order chi connectivity index (χ0) is 14.5. The third-order valence-corrected chi connectivity index (χ3v) is 3.33. The van der Waals surface area contributed by atoms with Crippen LogP contribution < -0.4 is 10.3 Å². The molecule has 0 unspecified atom stereocenters. The van der Waals surface area contributed by atoms with Crippen molar-refractivity contribution in [2.75, 3.05) is 6.61 Å². The van der Waals surface area contributed by atoms with Gasteiger partial charge in [0.25, 0.3) is 5.56 Å². The van der Waals surface area contributed by atoms with Gasteiger partial charge in [0, 0.05) is 16.7 Å². The molecule has 0 aliphatic heterocycles. The Morgan fingerprint density at radius 1 is 1.35 bits per heavy atom. The quantitative estimate of drug-likeness (QED) is 0.789. The van der Waals surface area contributed by atoms with Crippen molar-refractivity contribution in [1.29, 1.82) is 0 Å². The molecule has 0 amide bonds. The van der Waals surface area contributed by atoms with E-state index in [9.17, 15) is 9.59 Å². The summed E-state index contributed by atoms with van der Waals surface area (Å²) in [4.78, 5) is 22.6. The summed E-state index contributed by atoms with van der Waals surface area (Å²) in [6.07, 6.45) is 2.47. The van der Waals surface area contributed by atoms with Crippen molar-refractivity contribution in [1.82, 2.24) is 4.57 Å². The normalized spacial score (nSPS) is 10.3. The van der Waals surface area contributed by atoms with Gasteiger partial charge in [-0.1, -0.05) is 22.0 Å². The molecule has 0 aliphatic carbocycles. The second-order valence-corrected chi connectivity index (χ2v) is 5.26. The minimum absolute atomic E-state index is 0.0701. The maximum Gasteiger partial charge on any atom is 0.250 e. The fraction of sp³-hybridized carbons (Fsp3) is 0.200. The molecule has 2 aromatic rings. The molecule has 104 valence electrons. The molecule has 4 nitrogen and oxygen atoms in total. The molecule has 0 fully saturated rings. The second-order valence-electron chi connectivity index (χ2n) is 4.34. The van der Waals surface area contributed by atoms with Crippen LogP contribution in [0.2, 0.25) is 0 Å². The first-order valence-electron chi connectivity index (χ1n) is 6.15. The van der Waals surface area contributed by atoms with Crippen molar-refractivity contribution in [3.63, 3.8) is 0 Å². The first-order valence-corrected chi connectivity index (χ1v) is 6.94. The minimum Gasteiger partial charge on any atom is -0.491 e. The summed E-state index contributed by atoms with van der Waals surface area (Å²) in [5.74, 6) is 0.562. The number of pyridine rings is 1. The van der Waals surface area contributed by atoms with E-state index in [1.807, 2.05) is 13.0 Å². The lowest BCUT2D eigenvalue weighted by Gasteiger charge is -2.12. The highest BCUT2D eigenvalue weighted by molar-refractivity contribution is 9.10. The molecule has 0 aliphatic rings. The molecule has 1 aromatic heterocycles. The maximum atomic E-state index is 11.5. The Hall–Kier alpha value is -1.88. The van der Waals surface area contributed by atoms with E-state index < -0.39 is 0 Å². The lowest BCUT2D eigenvalue weighted by molar-refractivity contribution is 0.111. The highest BCUT2D eigenvalue weighted by Gasteiger charge is 2.08. The van der Waals surface area contributed by atoms with Crippen LogP contribution in [-0.4, -0.2) is 17.5 Å². The molecular weight excluding hydrogens is 322 g/mol. The van der Waals surface area contributed by atoms with E-state index in [-0.39, 0.29) is 5.56 Å². The summed E-state index contributed by atoms with van der Waals surface area (Å²) < 4.78 is 8.06. The lowest BCUT2D eigenvalue weighted by atomic mass is 10.1. The topological polar surface area (TPSA) is 48.3 Å². The number of aromatic nitrogens is 1. The Morgan fingerprint density at radius 2 is 2.15 bits per heavy atom. The average Bonchev–Trinajstić information content (AvgIpc) is 2.42. The van der Waals surface area contributed by atoms with E-state index in [4.69, 9.17) is 4.74 Å². The number of ether oxygens (including phenoxy) is 1. The van der Waals surface area contributed by atoms with Crippen LogP contribution in [0.4, 0.5) is 0 Å². The number of aryl methyl sites for hydroxylation is 1. The average molecular weight is 336 g/mol. The predicted molar refractivity (Wildman–Crippen MR) is 80.5 cm³/mol. The molecule has 0 atom stereocenters. The number of hydrogen-bond acceptors (Lipinski definition) is 3. The van der Waals surface area contributed by atoms with Crippen molar-refractivity contribution in [3.8, 4) is 5.75 Å². The van der Waals surface area contributed by atoms with Crippen LogP contribution in [0.1, 0.15) is 15.9 Å². The van der Waals surface area contributed by atoms with Gasteiger partial charge in [0.2, 0.25) is 0 Å². The molecule has 0 spiro atoms. The van der Waals surface area contributed by atoms with Crippen molar-refractivity contribution in [3.05, 3.63) is 62.5 Å². The van der Waals surface area contributed by atoms with E-state index >= 15 is 0 Å². The van der Waals surface area contributed by atoms with Crippen LogP contribution in [0.5, 0.6) is 5.75 Å². The van der Waals surface area contributed by atoms with Gasteiger partial charge < -0.3 is 9.30 Å². The fourth-order valence-electron chi connectivity index (χ4n) is 1.93. The van der Waals surface area contributed by atoms with Gasteiger partial charge in [0.15, 0.2) is 6.29 Å². The fourth-order valence-corrected chi connectivity index (χ4v) is 2.52. The molecule has 20 heavy (non-hydrogen) atoms. The number of hydrogen-bond donors (Lipinski definition) is 0. The van der Waals surface area contributed by atoms with Crippen LogP contribution in [0.25, 0.3) is 0 Å². The molecule has 0 bridgehead atoms. The lowest BCUT2D eigenvalue weighted by Crippen LogP contribution is -2.21. The monoisotopic (exact) mass is 335 g/mol. The highest BCUT2D eigenvalue weighted by atomic mass is 79.9. The number of halogens is 1. The number of carbonyl (C=O) groups is 1. The van der Waals surface area contributed by atoms with Crippen molar-refractivity contribution in [2.45, 2.75) is 13.5 Å². The highest BCUT2D eigenvalue weighted by Crippen LogP contribution is 2.26. The van der Waals surface area contributed by atoms with Crippen LogP contribution in [0.3, 0.4) is 0 Å². The van der Waals surface area contributed by atoms with Crippen LogP contribution >= 0.6 is 15.9 Å². The molecule has 5 heteroatoms. The van der Waals surface area contributed by atoms with Gasteiger partial charge in [0.1, 0.15) is 12.4 Å². The smallest absolute Gasteiger partial charge is 0.250 e. The molecule has 0 saturated heterocycles. The molecule has 2 rings (SSSR count). The third-order valence-electron chi connectivity index (χ3n) is 2.87. The number of carbonyl (C=O) groups excluding carboxylic acids is 1. The summed E-state index contributed by atoms with van der Waals surface area (Å²) in [7, 11) is 0. The Balaban J connectivity index is 2.10. The van der Waals surface area contributed by atoms with Gasteiger partial charge in [-0.2, -0.15) is 0 Å². The summed E-state index contributed by atoms with van der Waals surface area (Å²) in [5, 5.41) is 0. The van der Waals surface area contributed by atoms with E-state index in [2.05, 4.69) is 15.9 Å². The van der Waals surface area contributed by atoms with Gasteiger partial charge in [0.05, 0.1) is 12.1 Å². The SMILES string of the molecule is Cc1cc(Br)cc(C=O)c1OCCn1ccccc1=O. The summed E-state index contributed by atoms with van der Waals surface area (Å²) >= 11 is 3.34. The maximum absolute atomic E-state index is 11.5. The molecular formula is C15H14BrNO3. The van der Waals surface area contributed by atoms with Crippen molar-refractivity contribution >= 4 is 22.2 Å². The standard InChI is InChI=1S/C15H14BrNO3/c1-11-8-13(16)9-12(10-18)15(11)20-7-6-17-5-3-2-4-14(17)19/h2-5,8-10H,6-7H2,1H3. The Morgan fingerprint density at radius 3 is 2.85 bits per heavy atom. The van der Waals surface area contributed by atoms with Gasteiger partial charge in [-0.05, 0) is 30.7 Å². The van der Waals surface area contributed by atoms with Crippen molar-refractivity contribution in [2.24, 2.45) is 0 Å². The van der Waals surface area contributed by atoms with Crippen LogP contribution in [0.15, 0.2) is 45.8 Å². The minimum atomic E-state index is -0.0701. The van der Waals surface area contributed by atoms with E-state index in [0.717, 1.165) is 16.3 Å². The van der Waals surface area contributed by atoms with Crippen LogP contribution in [-0.2, 0) is 6.54 Å². The molecule has 1 heterocycles. The summed E-state index contributed by atoms with van der Waals surface area (Å²) in [5.41, 5.74) is 1.30. The Bertz CT molecular complexity index is 679. The largest absolute Gasteiger partial charge is 0.491 e. The van der Waals surface area contributed by atoms with E-state index in [0.29, 0.717) is 24.5 Å². The molecule has 0 radical (unpaired) electrons. The summed E-state index contributed by atoms with van der Waals surface area (Å²) in [6, 6.07) is 8.59. The zero-order valence-electron chi connectivity index (χ0n) is 11.0. The Kier molecular flexibility index (Phi) is 4.74. The van der Waals surface area contributed by atoms with Gasteiger partial charge in [-0.3, -0.25) is 9.59 Å². The summed E-state index contributed by atoms with van der Waals surface area (Å²) in [6.45, 7) is 2.64. The predicted octanol–water partition coefficient (Wildman–Crippen LogP) is 2.81.